The highest BCUT2D eigenvalue weighted by Crippen LogP contribution is 2.72. The monoisotopic (exact) mass is 516 g/mol. The number of aliphatic carboxylic acids is 1. The minimum absolute atomic E-state index is 0.0230. The molecule has 2 fully saturated rings. The van der Waals surface area contributed by atoms with E-state index in [2.05, 4.69) is 40.7 Å². The van der Waals surface area contributed by atoms with Gasteiger partial charge in [-0.25, -0.2) is 0 Å². The minimum atomic E-state index is -1.53. The first-order valence-electron chi connectivity index (χ1n) is 14.1. The summed E-state index contributed by atoms with van der Waals surface area (Å²) >= 11 is 0. The van der Waals surface area contributed by atoms with Crippen LogP contribution in [0.2, 0.25) is 0 Å². The van der Waals surface area contributed by atoms with Crippen LogP contribution in [-0.2, 0) is 14.3 Å². The van der Waals surface area contributed by atoms with Crippen LogP contribution in [0.15, 0.2) is 22.8 Å². The van der Waals surface area contributed by atoms with Crippen LogP contribution in [-0.4, -0.2) is 52.5 Å². The standard InChI is InChI=1S/C31H48O6/c1-17(2)10-9-11-18(3)19-12-13-28(4)25-20(32)14-22-30(6,26(25)21(37-8)16-29(19,28)5)23(33)15-24(34)31(22,7)27(35)36/h10,18-19,21-24,33-34H,9,11-16H2,1-8H3,(H,35,36)/t18-,19-,21-,22-,23-,24+,28+,29-,30-,31-/m1/s1. The highest BCUT2D eigenvalue weighted by molar-refractivity contribution is 6.00. The SMILES string of the molecule is CO[C@@H]1C[C@]2(C)[C@@H]([C@H](C)CCC=C(C)C)CC[C@@]2(C)C2=C1[C@]1(C)[C@@H](CC2=O)[C@@](C)(C(=O)O)[C@@H](O)C[C@H]1O. The smallest absolute Gasteiger partial charge is 0.312 e. The molecule has 208 valence electrons. The molecular weight excluding hydrogens is 468 g/mol. The van der Waals surface area contributed by atoms with Crippen molar-refractivity contribution in [3.8, 4) is 0 Å². The molecule has 0 saturated heterocycles. The van der Waals surface area contributed by atoms with Crippen molar-refractivity contribution in [2.45, 2.75) is 112 Å². The van der Waals surface area contributed by atoms with E-state index in [4.69, 9.17) is 4.74 Å². The maximum atomic E-state index is 14.1. The second kappa shape index (κ2) is 9.31. The van der Waals surface area contributed by atoms with E-state index in [1.54, 1.807) is 14.0 Å². The quantitative estimate of drug-likeness (QED) is 0.413. The van der Waals surface area contributed by atoms with Gasteiger partial charge in [0, 0.05) is 36.4 Å². The lowest BCUT2D eigenvalue weighted by Gasteiger charge is -2.63. The van der Waals surface area contributed by atoms with Crippen LogP contribution >= 0.6 is 0 Å². The zero-order chi connectivity index (χ0) is 27.7. The number of carbonyl (C=O) groups is 2. The van der Waals surface area contributed by atoms with Crippen molar-refractivity contribution in [2.75, 3.05) is 7.11 Å². The molecule has 6 heteroatoms. The summed E-state index contributed by atoms with van der Waals surface area (Å²) < 4.78 is 6.15. The van der Waals surface area contributed by atoms with Crippen molar-refractivity contribution >= 4 is 11.8 Å². The Balaban J connectivity index is 1.85. The molecule has 0 aromatic rings. The van der Waals surface area contributed by atoms with Gasteiger partial charge in [-0.05, 0) is 81.6 Å². The molecule has 37 heavy (non-hydrogen) atoms. The number of rotatable bonds is 6. The van der Waals surface area contributed by atoms with Crippen LogP contribution in [0.3, 0.4) is 0 Å². The topological polar surface area (TPSA) is 104 Å². The number of ketones is 1. The van der Waals surface area contributed by atoms with Crippen molar-refractivity contribution in [3.63, 3.8) is 0 Å². The number of allylic oxidation sites excluding steroid dienone is 3. The summed E-state index contributed by atoms with van der Waals surface area (Å²) in [6.07, 6.45) is 4.57. The summed E-state index contributed by atoms with van der Waals surface area (Å²) in [6, 6.07) is 0. The highest BCUT2D eigenvalue weighted by Gasteiger charge is 2.70. The molecule has 0 unspecified atom stereocenters. The van der Waals surface area contributed by atoms with Crippen molar-refractivity contribution in [1.29, 1.82) is 0 Å². The Morgan fingerprint density at radius 1 is 1.16 bits per heavy atom. The summed E-state index contributed by atoms with van der Waals surface area (Å²) in [4.78, 5) is 26.7. The summed E-state index contributed by atoms with van der Waals surface area (Å²) in [7, 11) is 1.67. The average Bonchev–Trinajstić information content (AvgIpc) is 3.08. The summed E-state index contributed by atoms with van der Waals surface area (Å²) in [5, 5.41) is 32.6. The van der Waals surface area contributed by atoms with Crippen molar-refractivity contribution in [2.24, 2.45) is 39.4 Å². The van der Waals surface area contributed by atoms with Crippen LogP contribution in [0.5, 0.6) is 0 Å². The molecule has 0 radical (unpaired) electrons. The van der Waals surface area contributed by atoms with E-state index in [1.807, 2.05) is 6.92 Å². The molecule has 0 bridgehead atoms. The number of hydrogen-bond donors (Lipinski definition) is 3. The molecule has 0 aliphatic heterocycles. The van der Waals surface area contributed by atoms with Gasteiger partial charge in [0.15, 0.2) is 5.78 Å². The lowest BCUT2D eigenvalue weighted by atomic mass is 9.41. The number of Topliss-reactive ketones (excluding diaryl/α,β-unsaturated/α-hetero) is 1. The Kier molecular flexibility index (Phi) is 7.17. The third kappa shape index (κ3) is 3.76. The molecule has 4 aliphatic rings. The lowest BCUT2D eigenvalue weighted by Crippen LogP contribution is -2.66. The first kappa shape index (κ1) is 28.5. The number of aliphatic hydroxyl groups is 2. The molecule has 3 N–H and O–H groups in total. The van der Waals surface area contributed by atoms with Gasteiger partial charge in [0.25, 0.3) is 0 Å². The van der Waals surface area contributed by atoms with Crippen LogP contribution < -0.4 is 0 Å². The third-order valence-corrected chi connectivity index (χ3v) is 11.9. The Labute approximate surface area is 222 Å². The van der Waals surface area contributed by atoms with E-state index in [9.17, 15) is 24.9 Å². The molecule has 0 spiro atoms. The fourth-order valence-electron chi connectivity index (χ4n) is 9.37. The van der Waals surface area contributed by atoms with E-state index in [-0.39, 0.29) is 35.6 Å². The molecule has 0 heterocycles. The molecule has 0 aromatic carbocycles. The van der Waals surface area contributed by atoms with E-state index in [0.29, 0.717) is 11.8 Å². The predicted molar refractivity (Wildman–Crippen MR) is 143 cm³/mol. The van der Waals surface area contributed by atoms with Gasteiger partial charge in [0.2, 0.25) is 0 Å². The normalized spacial score (nSPS) is 46.1. The van der Waals surface area contributed by atoms with Gasteiger partial charge in [0.05, 0.1) is 23.7 Å². The number of carboxylic acid groups (broad SMARTS) is 1. The van der Waals surface area contributed by atoms with Crippen molar-refractivity contribution in [3.05, 3.63) is 22.8 Å². The zero-order valence-electron chi connectivity index (χ0n) is 24.1. The summed E-state index contributed by atoms with van der Waals surface area (Å²) in [6.45, 7) is 14.6. The van der Waals surface area contributed by atoms with Gasteiger partial charge >= 0.3 is 5.97 Å². The Hall–Kier alpha value is -1.50. The van der Waals surface area contributed by atoms with Crippen LogP contribution in [0.1, 0.15) is 93.4 Å². The van der Waals surface area contributed by atoms with E-state index in [0.717, 1.165) is 43.3 Å². The van der Waals surface area contributed by atoms with Crippen LogP contribution in [0.4, 0.5) is 0 Å². The molecule has 10 atom stereocenters. The predicted octanol–water partition coefficient (Wildman–Crippen LogP) is 5.32. The van der Waals surface area contributed by atoms with Crippen molar-refractivity contribution in [1.82, 2.24) is 0 Å². The van der Waals surface area contributed by atoms with Gasteiger partial charge in [-0.15, -0.1) is 0 Å². The van der Waals surface area contributed by atoms with Crippen LogP contribution in [0.25, 0.3) is 0 Å². The molecule has 4 rings (SSSR count). The first-order chi connectivity index (χ1) is 17.1. The van der Waals surface area contributed by atoms with E-state index < -0.39 is 34.9 Å². The van der Waals surface area contributed by atoms with Gasteiger partial charge in [0.1, 0.15) is 0 Å². The van der Waals surface area contributed by atoms with E-state index in [1.165, 1.54) is 5.57 Å². The van der Waals surface area contributed by atoms with Gasteiger partial charge < -0.3 is 20.1 Å². The second-order valence-corrected chi connectivity index (χ2v) is 13.8. The molecular formula is C31H48O6. The molecule has 0 amide bonds. The summed E-state index contributed by atoms with van der Waals surface area (Å²) in [5.74, 6) is -0.926. The number of aliphatic hydroxyl groups excluding tert-OH is 2. The maximum absolute atomic E-state index is 14.1. The Morgan fingerprint density at radius 2 is 1.81 bits per heavy atom. The number of carbonyl (C=O) groups excluding carboxylic acids is 1. The Morgan fingerprint density at radius 3 is 2.38 bits per heavy atom. The van der Waals surface area contributed by atoms with Crippen LogP contribution in [0, 0.1) is 39.4 Å². The summed E-state index contributed by atoms with van der Waals surface area (Å²) in [5.41, 5.74) is -0.0806. The third-order valence-electron chi connectivity index (χ3n) is 11.9. The molecule has 2 saturated carbocycles. The zero-order valence-corrected chi connectivity index (χ0v) is 24.1. The van der Waals surface area contributed by atoms with Gasteiger partial charge in [-0.3, -0.25) is 9.59 Å². The number of carboxylic acids is 1. The second-order valence-electron chi connectivity index (χ2n) is 13.8. The number of methoxy groups -OCH3 is 1. The maximum Gasteiger partial charge on any atom is 0.312 e. The molecule has 0 aromatic heterocycles. The molecule has 4 aliphatic carbocycles. The van der Waals surface area contributed by atoms with Crippen molar-refractivity contribution < 1.29 is 29.6 Å². The average molecular weight is 517 g/mol. The van der Waals surface area contributed by atoms with Gasteiger partial charge in [-0.1, -0.05) is 39.3 Å². The molecule has 6 nitrogen and oxygen atoms in total. The number of fused-ring (bicyclic) bond motifs is 4. The number of hydrogen-bond acceptors (Lipinski definition) is 5. The Bertz CT molecular complexity index is 1020. The fraction of sp³-hybridized carbons (Fsp3) is 0.806. The van der Waals surface area contributed by atoms with E-state index >= 15 is 0 Å². The lowest BCUT2D eigenvalue weighted by molar-refractivity contribution is -0.195. The fourth-order valence-corrected chi connectivity index (χ4v) is 9.37. The highest BCUT2D eigenvalue weighted by atomic mass is 16.5. The van der Waals surface area contributed by atoms with Gasteiger partial charge in [-0.2, -0.15) is 0 Å². The number of ether oxygens (including phenoxy) is 1. The largest absolute Gasteiger partial charge is 0.481 e. The minimum Gasteiger partial charge on any atom is -0.481 e. The first-order valence-corrected chi connectivity index (χ1v) is 14.1.